The van der Waals surface area contributed by atoms with Gasteiger partial charge < -0.3 is 19.5 Å². The summed E-state index contributed by atoms with van der Waals surface area (Å²) in [6, 6.07) is 5.26. The van der Waals surface area contributed by atoms with Crippen molar-refractivity contribution in [1.29, 1.82) is 0 Å². The molecule has 1 amide bonds. The van der Waals surface area contributed by atoms with Crippen molar-refractivity contribution in [2.45, 2.75) is 6.42 Å². The van der Waals surface area contributed by atoms with E-state index in [4.69, 9.17) is 25.8 Å². The van der Waals surface area contributed by atoms with E-state index in [1.165, 1.54) is 32.4 Å². The number of nitrogens with one attached hydrogen (secondary N) is 1. The van der Waals surface area contributed by atoms with Gasteiger partial charge in [-0.3, -0.25) is 14.9 Å². The minimum absolute atomic E-state index is 0.0349. The molecule has 0 unspecified atom stereocenters. The van der Waals surface area contributed by atoms with Crippen LogP contribution in [0.5, 0.6) is 17.8 Å². The summed E-state index contributed by atoms with van der Waals surface area (Å²) in [7, 11) is 2.92. The number of methoxy groups -OCH3 is 2. The molecule has 0 aliphatic rings. The van der Waals surface area contributed by atoms with Crippen molar-refractivity contribution in [1.82, 2.24) is 15.3 Å². The normalized spacial score (nSPS) is 10.2. The van der Waals surface area contributed by atoms with Crippen LogP contribution in [0.25, 0.3) is 0 Å². The highest BCUT2D eigenvalue weighted by molar-refractivity contribution is 6.33. The Hall–Kier alpha value is -3.14. The molecule has 1 N–H and O–H groups in total. The van der Waals surface area contributed by atoms with Crippen molar-refractivity contribution in [3.8, 4) is 17.8 Å². The summed E-state index contributed by atoms with van der Waals surface area (Å²) in [5.74, 6) is 0.0823. The standard InChI is InChI=1S/C16H17ClN4O6/c1-25-13-9-14(26-2)20-16(19-13)27-7-3-6-18-15(22)11-8-10(21(23)24)4-5-12(11)17/h4-5,8-9H,3,6-7H2,1-2H3,(H,18,22). The van der Waals surface area contributed by atoms with Gasteiger partial charge in [0, 0.05) is 18.7 Å². The van der Waals surface area contributed by atoms with Gasteiger partial charge in [-0.1, -0.05) is 11.6 Å². The van der Waals surface area contributed by atoms with Crippen LogP contribution in [0.2, 0.25) is 5.02 Å². The van der Waals surface area contributed by atoms with Crippen LogP contribution in [0.3, 0.4) is 0 Å². The molecule has 0 saturated carbocycles. The largest absolute Gasteiger partial charge is 0.481 e. The third kappa shape index (κ3) is 5.68. The number of rotatable bonds is 9. The van der Waals surface area contributed by atoms with Crippen LogP contribution < -0.4 is 19.5 Å². The summed E-state index contributed by atoms with van der Waals surface area (Å²) < 4.78 is 15.4. The van der Waals surface area contributed by atoms with Crippen molar-refractivity contribution in [3.63, 3.8) is 0 Å². The molecule has 11 heteroatoms. The fourth-order valence-electron chi connectivity index (χ4n) is 1.99. The number of benzene rings is 1. The van der Waals surface area contributed by atoms with Crippen molar-refractivity contribution in [2.24, 2.45) is 0 Å². The van der Waals surface area contributed by atoms with E-state index in [0.29, 0.717) is 18.2 Å². The number of nitro groups is 1. The summed E-state index contributed by atoms with van der Waals surface area (Å²) in [5.41, 5.74) is -0.176. The average molecular weight is 397 g/mol. The molecule has 0 aliphatic carbocycles. The SMILES string of the molecule is COc1cc(OC)nc(OCCCNC(=O)c2cc([N+](=O)[O-])ccc2Cl)n1. The summed E-state index contributed by atoms with van der Waals surface area (Å²) >= 11 is 5.92. The molecule has 10 nitrogen and oxygen atoms in total. The fraction of sp³-hybridized carbons (Fsp3) is 0.312. The van der Waals surface area contributed by atoms with Gasteiger partial charge >= 0.3 is 6.01 Å². The van der Waals surface area contributed by atoms with Crippen molar-refractivity contribution in [3.05, 3.63) is 45.0 Å². The number of nitrogens with zero attached hydrogens (tertiary/aromatic N) is 3. The third-order valence-electron chi connectivity index (χ3n) is 3.32. The summed E-state index contributed by atoms with van der Waals surface area (Å²) in [5, 5.41) is 13.5. The summed E-state index contributed by atoms with van der Waals surface area (Å²) in [6.45, 7) is 0.484. The molecular weight excluding hydrogens is 380 g/mol. The number of aromatic nitrogens is 2. The van der Waals surface area contributed by atoms with Crippen molar-refractivity contribution < 1.29 is 23.9 Å². The van der Waals surface area contributed by atoms with Crippen molar-refractivity contribution in [2.75, 3.05) is 27.4 Å². The van der Waals surface area contributed by atoms with Gasteiger partial charge in [0.2, 0.25) is 11.8 Å². The van der Waals surface area contributed by atoms with Gasteiger partial charge in [-0.15, -0.1) is 0 Å². The molecule has 144 valence electrons. The molecule has 1 aromatic carbocycles. The zero-order chi connectivity index (χ0) is 19.8. The minimum Gasteiger partial charge on any atom is -0.481 e. The maximum absolute atomic E-state index is 12.1. The lowest BCUT2D eigenvalue weighted by molar-refractivity contribution is -0.384. The lowest BCUT2D eigenvalue weighted by atomic mass is 10.2. The first-order valence-electron chi connectivity index (χ1n) is 7.76. The molecule has 0 radical (unpaired) electrons. The first kappa shape index (κ1) is 20.2. The molecule has 0 atom stereocenters. The Kier molecular flexibility index (Phi) is 7.12. The number of halogens is 1. The van der Waals surface area contributed by atoms with Crippen LogP contribution in [-0.4, -0.2) is 48.2 Å². The molecule has 0 aliphatic heterocycles. The zero-order valence-corrected chi connectivity index (χ0v) is 15.4. The Morgan fingerprint density at radius 2 is 1.89 bits per heavy atom. The first-order valence-corrected chi connectivity index (χ1v) is 8.14. The molecule has 0 bridgehead atoms. The Morgan fingerprint density at radius 1 is 1.22 bits per heavy atom. The van der Waals surface area contributed by atoms with Gasteiger partial charge in [0.05, 0.1) is 42.4 Å². The number of hydrogen-bond donors (Lipinski definition) is 1. The number of nitro benzene ring substituents is 1. The summed E-state index contributed by atoms with van der Waals surface area (Å²) in [4.78, 5) is 30.4. The van der Waals surface area contributed by atoms with Gasteiger partial charge in [0.25, 0.3) is 11.6 Å². The van der Waals surface area contributed by atoms with Gasteiger partial charge in [-0.2, -0.15) is 9.97 Å². The van der Waals surface area contributed by atoms with Gasteiger partial charge in [-0.25, -0.2) is 0 Å². The van der Waals surface area contributed by atoms with E-state index >= 15 is 0 Å². The lowest BCUT2D eigenvalue weighted by Gasteiger charge is -2.09. The summed E-state index contributed by atoms with van der Waals surface area (Å²) in [6.07, 6.45) is 0.446. The smallest absolute Gasteiger partial charge is 0.323 e. The number of non-ortho nitro benzene ring substituents is 1. The van der Waals surface area contributed by atoms with Gasteiger partial charge in [-0.05, 0) is 12.5 Å². The molecular formula is C16H17ClN4O6. The van der Waals surface area contributed by atoms with Crippen LogP contribution >= 0.6 is 11.6 Å². The molecule has 0 fully saturated rings. The lowest BCUT2D eigenvalue weighted by Crippen LogP contribution is -2.26. The zero-order valence-electron chi connectivity index (χ0n) is 14.6. The molecule has 2 rings (SSSR count). The molecule has 1 heterocycles. The van der Waals surface area contributed by atoms with E-state index in [1.54, 1.807) is 0 Å². The second-order valence-electron chi connectivity index (χ2n) is 5.11. The Balaban J connectivity index is 1.84. The Bertz CT molecular complexity index is 810. The van der Waals surface area contributed by atoms with E-state index in [-0.39, 0.29) is 35.4 Å². The first-order chi connectivity index (χ1) is 12.9. The minimum atomic E-state index is -0.594. The van der Waals surface area contributed by atoms with Crippen LogP contribution in [-0.2, 0) is 0 Å². The van der Waals surface area contributed by atoms with Gasteiger partial charge in [0.1, 0.15) is 0 Å². The quantitative estimate of drug-likeness (QED) is 0.388. The average Bonchev–Trinajstić information content (AvgIpc) is 2.67. The fourth-order valence-corrected chi connectivity index (χ4v) is 2.19. The highest BCUT2D eigenvalue weighted by atomic mass is 35.5. The molecule has 27 heavy (non-hydrogen) atoms. The Labute approximate surface area is 159 Å². The number of hydrogen-bond acceptors (Lipinski definition) is 8. The number of carbonyl (C=O) groups is 1. The maximum atomic E-state index is 12.1. The van der Waals surface area contributed by atoms with E-state index in [0.717, 1.165) is 6.07 Å². The van der Waals surface area contributed by atoms with E-state index in [9.17, 15) is 14.9 Å². The number of carbonyl (C=O) groups excluding carboxylic acids is 1. The maximum Gasteiger partial charge on any atom is 0.323 e. The third-order valence-corrected chi connectivity index (χ3v) is 3.65. The molecule has 2 aromatic rings. The van der Waals surface area contributed by atoms with Crippen LogP contribution in [0.4, 0.5) is 5.69 Å². The second-order valence-corrected chi connectivity index (χ2v) is 5.52. The van der Waals surface area contributed by atoms with Crippen molar-refractivity contribution >= 4 is 23.2 Å². The van der Waals surface area contributed by atoms with Gasteiger partial charge in [0.15, 0.2) is 0 Å². The molecule has 1 aromatic heterocycles. The molecule has 0 spiro atoms. The topological polar surface area (TPSA) is 126 Å². The van der Waals surface area contributed by atoms with Crippen LogP contribution in [0.1, 0.15) is 16.8 Å². The van der Waals surface area contributed by atoms with Crippen LogP contribution in [0, 0.1) is 10.1 Å². The number of ether oxygens (including phenoxy) is 3. The highest BCUT2D eigenvalue weighted by Gasteiger charge is 2.15. The predicted molar refractivity (Wildman–Crippen MR) is 95.7 cm³/mol. The van der Waals surface area contributed by atoms with E-state index in [1.807, 2.05) is 0 Å². The van der Waals surface area contributed by atoms with E-state index in [2.05, 4.69) is 15.3 Å². The van der Waals surface area contributed by atoms with E-state index < -0.39 is 10.8 Å². The molecule has 0 saturated heterocycles. The predicted octanol–water partition coefficient (Wildman–Crippen LogP) is 2.25. The monoisotopic (exact) mass is 396 g/mol. The highest BCUT2D eigenvalue weighted by Crippen LogP contribution is 2.22. The van der Waals surface area contributed by atoms with Crippen LogP contribution in [0.15, 0.2) is 24.3 Å². The number of amides is 1. The second kappa shape index (κ2) is 9.53. The Morgan fingerprint density at radius 3 is 2.48 bits per heavy atom.